The Morgan fingerprint density at radius 2 is 2.00 bits per heavy atom. The van der Waals surface area contributed by atoms with Gasteiger partial charge in [-0.05, 0) is 24.1 Å². The van der Waals surface area contributed by atoms with Crippen LogP contribution in [0.4, 0.5) is 15.5 Å². The molecule has 8 nitrogen and oxygen atoms in total. The first-order valence-electron chi connectivity index (χ1n) is 7.61. The van der Waals surface area contributed by atoms with Crippen LogP contribution >= 0.6 is 11.3 Å². The van der Waals surface area contributed by atoms with Gasteiger partial charge in [0.1, 0.15) is 5.00 Å². The van der Waals surface area contributed by atoms with Crippen molar-refractivity contribution in [1.82, 2.24) is 0 Å². The van der Waals surface area contributed by atoms with Crippen molar-refractivity contribution in [3.8, 4) is 11.5 Å². The first-order chi connectivity index (χ1) is 12.1. The van der Waals surface area contributed by atoms with Gasteiger partial charge in [0.15, 0.2) is 11.5 Å². The molecule has 3 heterocycles. The van der Waals surface area contributed by atoms with Crippen molar-refractivity contribution < 1.29 is 23.8 Å². The lowest BCUT2D eigenvalue weighted by Crippen LogP contribution is -2.22. The van der Waals surface area contributed by atoms with Gasteiger partial charge in [-0.25, -0.2) is 4.79 Å². The SMILES string of the molecule is NC(=O)c1c(NC(=O)Nc2ccc3c(c2)OCO3)sc2c1CCOC2. The lowest BCUT2D eigenvalue weighted by atomic mass is 10.1. The second kappa shape index (κ2) is 6.26. The number of carbonyl (C=O) groups excluding carboxylic acids is 2. The molecule has 4 N–H and O–H groups in total. The fourth-order valence-electron chi connectivity index (χ4n) is 2.82. The third-order valence-electron chi connectivity index (χ3n) is 3.92. The van der Waals surface area contributed by atoms with Gasteiger partial charge in [-0.1, -0.05) is 0 Å². The van der Waals surface area contributed by atoms with Crippen molar-refractivity contribution in [2.24, 2.45) is 5.73 Å². The first-order valence-corrected chi connectivity index (χ1v) is 8.43. The Balaban J connectivity index is 1.53. The average Bonchev–Trinajstić information content (AvgIpc) is 3.17. The van der Waals surface area contributed by atoms with Gasteiger partial charge in [-0.15, -0.1) is 11.3 Å². The van der Waals surface area contributed by atoms with Crippen LogP contribution in [-0.2, 0) is 17.8 Å². The van der Waals surface area contributed by atoms with Crippen molar-refractivity contribution in [3.05, 3.63) is 34.2 Å². The molecule has 2 aliphatic rings. The molecule has 1 aromatic carbocycles. The Hall–Kier alpha value is -2.78. The standard InChI is InChI=1S/C16H15N3O5S/c17-14(20)13-9-3-4-22-6-12(9)25-15(13)19-16(21)18-8-1-2-10-11(5-8)24-7-23-10/h1-2,5H,3-4,6-7H2,(H2,17,20)(H2,18,19,21). The fourth-order valence-corrected chi connectivity index (χ4v) is 4.01. The number of urea groups is 1. The summed E-state index contributed by atoms with van der Waals surface area (Å²) in [6, 6.07) is 4.62. The molecule has 4 rings (SSSR count). The van der Waals surface area contributed by atoms with Gasteiger partial charge in [-0.3, -0.25) is 10.1 Å². The molecule has 0 saturated carbocycles. The van der Waals surface area contributed by atoms with Crippen LogP contribution in [0.15, 0.2) is 18.2 Å². The van der Waals surface area contributed by atoms with Crippen molar-refractivity contribution >= 4 is 34.0 Å². The molecule has 2 aliphatic heterocycles. The number of thiophene rings is 1. The molecule has 0 atom stereocenters. The van der Waals surface area contributed by atoms with E-state index in [9.17, 15) is 9.59 Å². The van der Waals surface area contributed by atoms with Crippen LogP contribution in [-0.4, -0.2) is 25.3 Å². The number of nitrogens with two attached hydrogens (primary N) is 1. The number of hydrogen-bond acceptors (Lipinski definition) is 6. The van der Waals surface area contributed by atoms with Gasteiger partial charge >= 0.3 is 6.03 Å². The highest BCUT2D eigenvalue weighted by Crippen LogP contribution is 2.37. The van der Waals surface area contributed by atoms with E-state index in [-0.39, 0.29) is 6.79 Å². The summed E-state index contributed by atoms with van der Waals surface area (Å²) < 4.78 is 15.9. The third-order valence-corrected chi connectivity index (χ3v) is 5.05. The Labute approximate surface area is 146 Å². The summed E-state index contributed by atoms with van der Waals surface area (Å²) in [6.07, 6.45) is 0.607. The molecule has 0 bridgehead atoms. The minimum Gasteiger partial charge on any atom is -0.454 e. The number of fused-ring (bicyclic) bond motifs is 2. The number of amides is 3. The quantitative estimate of drug-likeness (QED) is 0.776. The van der Waals surface area contributed by atoms with E-state index in [1.165, 1.54) is 11.3 Å². The normalized spacial score (nSPS) is 14.7. The maximum absolute atomic E-state index is 12.3. The molecule has 0 aliphatic carbocycles. The monoisotopic (exact) mass is 361 g/mol. The van der Waals surface area contributed by atoms with Crippen molar-refractivity contribution in [3.63, 3.8) is 0 Å². The van der Waals surface area contributed by atoms with E-state index in [0.717, 1.165) is 10.4 Å². The minimum atomic E-state index is -0.558. The zero-order chi connectivity index (χ0) is 17.4. The smallest absolute Gasteiger partial charge is 0.324 e. The van der Waals surface area contributed by atoms with Crippen LogP contribution < -0.4 is 25.8 Å². The van der Waals surface area contributed by atoms with Gasteiger partial charge in [-0.2, -0.15) is 0 Å². The van der Waals surface area contributed by atoms with Crippen LogP contribution in [0.2, 0.25) is 0 Å². The van der Waals surface area contributed by atoms with Crippen LogP contribution in [0.3, 0.4) is 0 Å². The van der Waals surface area contributed by atoms with E-state index in [4.69, 9.17) is 19.9 Å². The van der Waals surface area contributed by atoms with Gasteiger partial charge in [0.2, 0.25) is 6.79 Å². The molecule has 1 aromatic heterocycles. The maximum atomic E-state index is 12.3. The summed E-state index contributed by atoms with van der Waals surface area (Å²) in [5.74, 6) is 0.644. The van der Waals surface area contributed by atoms with Gasteiger partial charge in [0, 0.05) is 16.6 Å². The highest BCUT2D eigenvalue weighted by atomic mass is 32.1. The van der Waals surface area contributed by atoms with Gasteiger partial charge in [0.25, 0.3) is 5.91 Å². The summed E-state index contributed by atoms with van der Waals surface area (Å²) in [7, 11) is 0. The van der Waals surface area contributed by atoms with Crippen LogP contribution in [0.1, 0.15) is 20.8 Å². The summed E-state index contributed by atoms with van der Waals surface area (Å²) in [5.41, 5.74) is 7.27. The predicted molar refractivity (Wildman–Crippen MR) is 91.4 cm³/mol. The summed E-state index contributed by atoms with van der Waals surface area (Å²) in [5, 5.41) is 5.84. The third kappa shape index (κ3) is 2.99. The molecule has 0 unspecified atom stereocenters. The number of anilines is 2. The summed E-state index contributed by atoms with van der Waals surface area (Å²) in [6.45, 7) is 1.12. The Morgan fingerprint density at radius 1 is 1.16 bits per heavy atom. The molecular weight excluding hydrogens is 346 g/mol. The number of nitrogens with one attached hydrogen (secondary N) is 2. The molecule has 0 fully saturated rings. The number of benzene rings is 1. The molecule has 0 radical (unpaired) electrons. The molecule has 9 heteroatoms. The van der Waals surface area contributed by atoms with Crippen molar-refractivity contribution in [2.45, 2.75) is 13.0 Å². The number of carbonyl (C=O) groups is 2. The second-order valence-corrected chi connectivity index (χ2v) is 6.63. The number of ether oxygens (including phenoxy) is 3. The predicted octanol–water partition coefficient (Wildman–Crippen LogP) is 2.29. The van der Waals surface area contributed by atoms with Crippen LogP contribution in [0.25, 0.3) is 0 Å². The molecule has 0 spiro atoms. The number of primary amides is 1. The zero-order valence-corrected chi connectivity index (χ0v) is 13.9. The highest BCUT2D eigenvalue weighted by Gasteiger charge is 2.25. The fraction of sp³-hybridized carbons (Fsp3) is 0.250. The zero-order valence-electron chi connectivity index (χ0n) is 13.1. The average molecular weight is 361 g/mol. The van der Waals surface area contributed by atoms with E-state index >= 15 is 0 Å². The van der Waals surface area contributed by atoms with E-state index < -0.39 is 11.9 Å². The van der Waals surface area contributed by atoms with E-state index in [2.05, 4.69) is 10.6 Å². The number of hydrogen-bond donors (Lipinski definition) is 3. The maximum Gasteiger partial charge on any atom is 0.324 e. The van der Waals surface area contributed by atoms with Gasteiger partial charge in [0.05, 0.1) is 18.8 Å². The topological polar surface area (TPSA) is 112 Å². The summed E-state index contributed by atoms with van der Waals surface area (Å²) in [4.78, 5) is 25.0. The first kappa shape index (κ1) is 15.7. The Kier molecular flexibility index (Phi) is 3.94. The van der Waals surface area contributed by atoms with Gasteiger partial charge < -0.3 is 25.3 Å². The van der Waals surface area contributed by atoms with Crippen LogP contribution in [0.5, 0.6) is 11.5 Å². The Bertz CT molecular complexity index is 864. The molecule has 3 amide bonds. The van der Waals surface area contributed by atoms with Crippen LogP contribution in [0, 0.1) is 0 Å². The highest BCUT2D eigenvalue weighted by molar-refractivity contribution is 7.17. The lowest BCUT2D eigenvalue weighted by molar-refractivity contribution is 0.0991. The Morgan fingerprint density at radius 3 is 2.84 bits per heavy atom. The molecule has 130 valence electrons. The lowest BCUT2D eigenvalue weighted by Gasteiger charge is -2.12. The molecule has 25 heavy (non-hydrogen) atoms. The molecular formula is C16H15N3O5S. The summed E-state index contributed by atoms with van der Waals surface area (Å²) >= 11 is 1.31. The minimum absolute atomic E-state index is 0.162. The molecule has 2 aromatic rings. The number of rotatable bonds is 3. The second-order valence-electron chi connectivity index (χ2n) is 5.52. The van der Waals surface area contributed by atoms with E-state index in [1.807, 2.05) is 0 Å². The largest absolute Gasteiger partial charge is 0.454 e. The van der Waals surface area contributed by atoms with E-state index in [1.54, 1.807) is 18.2 Å². The molecule has 0 saturated heterocycles. The van der Waals surface area contributed by atoms with Crippen molar-refractivity contribution in [2.75, 3.05) is 24.0 Å². The van der Waals surface area contributed by atoms with E-state index in [0.29, 0.717) is 47.4 Å². The van der Waals surface area contributed by atoms with Crippen molar-refractivity contribution in [1.29, 1.82) is 0 Å².